The normalized spacial score (nSPS) is 13.0. The summed E-state index contributed by atoms with van der Waals surface area (Å²) in [7, 11) is 0. The first-order chi connectivity index (χ1) is 5.65. The lowest BCUT2D eigenvalue weighted by atomic mass is 10.0. The zero-order valence-electron chi connectivity index (χ0n) is 7.26. The topological polar surface area (TPSA) is 38.0 Å². The third-order valence-corrected chi connectivity index (χ3v) is 1.96. The van der Waals surface area contributed by atoms with Crippen molar-refractivity contribution in [2.75, 3.05) is 0 Å². The Hall–Kier alpha value is -0.930. The van der Waals surface area contributed by atoms with E-state index in [0.29, 0.717) is 0 Å². The molecule has 2 nitrogen and oxygen atoms in total. The molecular formula is C9H13FN2. The van der Waals surface area contributed by atoms with Gasteiger partial charge in [-0.3, -0.25) is 11.3 Å². The molecule has 0 spiro atoms. The maximum absolute atomic E-state index is 12.8. The molecule has 1 aromatic carbocycles. The number of hydrogen-bond donors (Lipinski definition) is 2. The van der Waals surface area contributed by atoms with Crippen LogP contribution >= 0.6 is 0 Å². The molecule has 0 aliphatic carbocycles. The van der Waals surface area contributed by atoms with Crippen molar-refractivity contribution in [2.45, 2.75) is 19.9 Å². The number of nitrogens with two attached hydrogens (primary N) is 1. The van der Waals surface area contributed by atoms with E-state index in [0.717, 1.165) is 11.1 Å². The smallest absolute Gasteiger partial charge is 0.123 e. The largest absolute Gasteiger partial charge is 0.271 e. The maximum atomic E-state index is 12.8. The van der Waals surface area contributed by atoms with Crippen LogP contribution in [0.1, 0.15) is 24.1 Å². The first-order valence-electron chi connectivity index (χ1n) is 3.87. The van der Waals surface area contributed by atoms with Crippen LogP contribution in [0.3, 0.4) is 0 Å². The summed E-state index contributed by atoms with van der Waals surface area (Å²) >= 11 is 0. The van der Waals surface area contributed by atoms with Gasteiger partial charge in [-0.25, -0.2) is 4.39 Å². The SMILES string of the molecule is Cc1ccc(F)cc1C(C)NN. The van der Waals surface area contributed by atoms with Crippen LogP contribution in [0, 0.1) is 12.7 Å². The number of hydrogen-bond acceptors (Lipinski definition) is 2. The number of rotatable bonds is 2. The van der Waals surface area contributed by atoms with Gasteiger partial charge in [-0.05, 0) is 37.1 Å². The van der Waals surface area contributed by atoms with Gasteiger partial charge in [0, 0.05) is 6.04 Å². The summed E-state index contributed by atoms with van der Waals surface area (Å²) in [6.45, 7) is 3.82. The highest BCUT2D eigenvalue weighted by Gasteiger charge is 2.06. The molecule has 0 aliphatic heterocycles. The number of aryl methyl sites for hydroxylation is 1. The summed E-state index contributed by atoms with van der Waals surface area (Å²) in [5.74, 6) is 5.03. The van der Waals surface area contributed by atoms with Crippen LogP contribution in [-0.4, -0.2) is 0 Å². The standard InChI is InChI=1S/C9H13FN2/c1-6-3-4-8(10)5-9(6)7(2)12-11/h3-5,7,12H,11H2,1-2H3. The maximum Gasteiger partial charge on any atom is 0.123 e. The number of nitrogens with one attached hydrogen (secondary N) is 1. The molecule has 0 amide bonds. The van der Waals surface area contributed by atoms with Gasteiger partial charge in [0.25, 0.3) is 0 Å². The van der Waals surface area contributed by atoms with Crippen molar-refractivity contribution in [2.24, 2.45) is 5.84 Å². The predicted octanol–water partition coefficient (Wildman–Crippen LogP) is 1.66. The Balaban J connectivity index is 3.04. The minimum Gasteiger partial charge on any atom is -0.271 e. The van der Waals surface area contributed by atoms with Crippen molar-refractivity contribution in [3.8, 4) is 0 Å². The first kappa shape index (κ1) is 9.16. The third-order valence-electron chi connectivity index (χ3n) is 1.96. The van der Waals surface area contributed by atoms with Crippen LogP contribution < -0.4 is 11.3 Å². The summed E-state index contributed by atoms with van der Waals surface area (Å²) in [6.07, 6.45) is 0. The molecule has 0 fully saturated rings. The van der Waals surface area contributed by atoms with Gasteiger partial charge in [0.05, 0.1) is 0 Å². The van der Waals surface area contributed by atoms with Crippen LogP contribution in [0.4, 0.5) is 4.39 Å². The second-order valence-electron chi connectivity index (χ2n) is 2.89. The summed E-state index contributed by atoms with van der Waals surface area (Å²) in [4.78, 5) is 0. The molecule has 0 radical (unpaired) electrons. The van der Waals surface area contributed by atoms with Crippen molar-refractivity contribution >= 4 is 0 Å². The molecule has 3 heteroatoms. The Morgan fingerprint density at radius 3 is 2.75 bits per heavy atom. The van der Waals surface area contributed by atoms with Gasteiger partial charge in [0.2, 0.25) is 0 Å². The summed E-state index contributed by atoms with van der Waals surface area (Å²) in [5, 5.41) is 0. The lowest BCUT2D eigenvalue weighted by Crippen LogP contribution is -2.26. The van der Waals surface area contributed by atoms with E-state index in [9.17, 15) is 4.39 Å². The van der Waals surface area contributed by atoms with Crippen LogP contribution in [-0.2, 0) is 0 Å². The Morgan fingerprint density at radius 2 is 2.17 bits per heavy atom. The van der Waals surface area contributed by atoms with E-state index in [1.54, 1.807) is 6.07 Å². The Morgan fingerprint density at radius 1 is 1.50 bits per heavy atom. The Bertz CT molecular complexity index is 273. The van der Waals surface area contributed by atoms with E-state index in [1.165, 1.54) is 12.1 Å². The molecule has 66 valence electrons. The fraction of sp³-hybridized carbons (Fsp3) is 0.333. The van der Waals surface area contributed by atoms with E-state index in [1.807, 2.05) is 13.8 Å². The molecule has 1 atom stereocenters. The van der Waals surface area contributed by atoms with E-state index < -0.39 is 0 Å². The van der Waals surface area contributed by atoms with Crippen molar-refractivity contribution in [1.29, 1.82) is 0 Å². The van der Waals surface area contributed by atoms with Gasteiger partial charge < -0.3 is 0 Å². The number of benzene rings is 1. The van der Waals surface area contributed by atoms with Crippen molar-refractivity contribution in [3.63, 3.8) is 0 Å². The minimum absolute atomic E-state index is 0.0132. The zero-order chi connectivity index (χ0) is 9.14. The molecule has 0 heterocycles. The molecule has 1 aromatic rings. The van der Waals surface area contributed by atoms with Crippen molar-refractivity contribution in [1.82, 2.24) is 5.43 Å². The molecule has 3 N–H and O–H groups in total. The number of hydrazine groups is 1. The molecule has 0 saturated carbocycles. The van der Waals surface area contributed by atoms with E-state index in [2.05, 4.69) is 5.43 Å². The average Bonchev–Trinajstić information content (AvgIpc) is 2.08. The molecule has 0 bridgehead atoms. The molecule has 0 aromatic heterocycles. The third kappa shape index (κ3) is 1.81. The van der Waals surface area contributed by atoms with Gasteiger partial charge in [-0.1, -0.05) is 6.07 Å². The molecule has 0 aliphatic rings. The van der Waals surface area contributed by atoms with Gasteiger partial charge in [0.1, 0.15) is 5.82 Å². The highest BCUT2D eigenvalue weighted by Crippen LogP contribution is 2.17. The second kappa shape index (κ2) is 3.65. The Kier molecular flexibility index (Phi) is 2.78. The molecule has 0 saturated heterocycles. The summed E-state index contributed by atoms with van der Waals surface area (Å²) in [5.41, 5.74) is 4.53. The highest BCUT2D eigenvalue weighted by atomic mass is 19.1. The van der Waals surface area contributed by atoms with Gasteiger partial charge in [0.15, 0.2) is 0 Å². The van der Waals surface area contributed by atoms with Gasteiger partial charge in [-0.2, -0.15) is 0 Å². The lowest BCUT2D eigenvalue weighted by molar-refractivity contribution is 0.582. The zero-order valence-corrected chi connectivity index (χ0v) is 7.26. The van der Waals surface area contributed by atoms with E-state index in [-0.39, 0.29) is 11.9 Å². The monoisotopic (exact) mass is 168 g/mol. The highest BCUT2D eigenvalue weighted by molar-refractivity contribution is 5.28. The molecule has 12 heavy (non-hydrogen) atoms. The van der Waals surface area contributed by atoms with Crippen LogP contribution in [0.15, 0.2) is 18.2 Å². The predicted molar refractivity (Wildman–Crippen MR) is 46.9 cm³/mol. The molecular weight excluding hydrogens is 155 g/mol. The van der Waals surface area contributed by atoms with E-state index in [4.69, 9.17) is 5.84 Å². The van der Waals surface area contributed by atoms with Crippen molar-refractivity contribution < 1.29 is 4.39 Å². The Labute approximate surface area is 71.6 Å². The molecule has 1 unspecified atom stereocenters. The van der Waals surface area contributed by atoms with Gasteiger partial charge >= 0.3 is 0 Å². The minimum atomic E-state index is -0.224. The van der Waals surface area contributed by atoms with Crippen LogP contribution in [0.2, 0.25) is 0 Å². The quantitative estimate of drug-likeness (QED) is 0.520. The van der Waals surface area contributed by atoms with Crippen LogP contribution in [0.5, 0.6) is 0 Å². The lowest BCUT2D eigenvalue weighted by Gasteiger charge is -2.12. The van der Waals surface area contributed by atoms with Crippen molar-refractivity contribution in [3.05, 3.63) is 35.1 Å². The first-order valence-corrected chi connectivity index (χ1v) is 3.87. The fourth-order valence-electron chi connectivity index (χ4n) is 1.17. The van der Waals surface area contributed by atoms with Gasteiger partial charge in [-0.15, -0.1) is 0 Å². The molecule has 1 rings (SSSR count). The number of halogens is 1. The summed E-state index contributed by atoms with van der Waals surface area (Å²) < 4.78 is 12.8. The fourth-order valence-corrected chi connectivity index (χ4v) is 1.17. The second-order valence-corrected chi connectivity index (χ2v) is 2.89. The average molecular weight is 168 g/mol. The summed E-state index contributed by atoms with van der Waals surface area (Å²) in [6, 6.07) is 4.68. The van der Waals surface area contributed by atoms with Crippen LogP contribution in [0.25, 0.3) is 0 Å². The van der Waals surface area contributed by atoms with E-state index >= 15 is 0 Å².